The largest absolute Gasteiger partial charge is 0.502 e. The lowest BCUT2D eigenvalue weighted by Gasteiger charge is -2.40. The summed E-state index contributed by atoms with van der Waals surface area (Å²) in [4.78, 5) is 7.47. The minimum Gasteiger partial charge on any atom is -0.502 e. The number of benzene rings is 1. The summed E-state index contributed by atoms with van der Waals surface area (Å²) < 4.78 is 10.5. The maximum absolute atomic E-state index is 10.1. The van der Waals surface area contributed by atoms with E-state index in [1.54, 1.807) is 12.1 Å². The van der Waals surface area contributed by atoms with E-state index in [1.807, 2.05) is 0 Å². The van der Waals surface area contributed by atoms with Crippen LogP contribution in [0.4, 0.5) is 0 Å². The topological polar surface area (TPSA) is 78.4 Å². The molecule has 7 heteroatoms. The highest BCUT2D eigenvalue weighted by atomic mass is 16.5. The van der Waals surface area contributed by atoms with E-state index >= 15 is 0 Å². The molecule has 1 saturated heterocycles. The molecular formula is C23H38N4O3. The standard InChI is InChI=1S/C23H38N4O3/c1-4-24-23(25-15-17-13-20(29-2)22(28)21(14-17)30-3)26-18-9-8-12-27(16-18)19-10-6-5-7-11-19/h13-14,18-19,28H,4-12,15-16H2,1-3H3,(H2,24,25,26). The first kappa shape index (κ1) is 22.5. The van der Waals surface area contributed by atoms with Crippen molar-refractivity contribution in [3.63, 3.8) is 0 Å². The number of likely N-dealkylation sites (tertiary alicyclic amines) is 1. The van der Waals surface area contributed by atoms with E-state index in [0.717, 1.165) is 30.7 Å². The number of hydrogen-bond donors (Lipinski definition) is 3. The van der Waals surface area contributed by atoms with Gasteiger partial charge < -0.3 is 25.2 Å². The number of ether oxygens (including phenoxy) is 2. The molecule has 2 aliphatic rings. The lowest BCUT2D eigenvalue weighted by molar-refractivity contribution is 0.115. The van der Waals surface area contributed by atoms with Crippen LogP contribution in [0.1, 0.15) is 57.4 Å². The van der Waals surface area contributed by atoms with Crippen molar-refractivity contribution in [2.24, 2.45) is 4.99 Å². The first-order valence-electron chi connectivity index (χ1n) is 11.4. The van der Waals surface area contributed by atoms with Crippen LogP contribution in [0.5, 0.6) is 17.2 Å². The molecular weight excluding hydrogens is 380 g/mol. The molecule has 3 rings (SSSR count). The fraction of sp³-hybridized carbons (Fsp3) is 0.696. The van der Waals surface area contributed by atoms with Crippen LogP contribution < -0.4 is 20.1 Å². The molecule has 1 atom stereocenters. The highest BCUT2D eigenvalue weighted by Crippen LogP contribution is 2.37. The third-order valence-electron chi connectivity index (χ3n) is 6.19. The Kier molecular flexibility index (Phi) is 8.49. The van der Waals surface area contributed by atoms with Crippen LogP contribution in [0.3, 0.4) is 0 Å². The summed E-state index contributed by atoms with van der Waals surface area (Å²) in [6, 6.07) is 4.79. The summed E-state index contributed by atoms with van der Waals surface area (Å²) in [6.45, 7) is 5.69. The van der Waals surface area contributed by atoms with Crippen molar-refractivity contribution in [2.75, 3.05) is 33.9 Å². The molecule has 1 heterocycles. The quantitative estimate of drug-likeness (QED) is 0.466. The number of aliphatic imine (C=N–C) groups is 1. The van der Waals surface area contributed by atoms with Gasteiger partial charge in [0.1, 0.15) is 0 Å². The van der Waals surface area contributed by atoms with Crippen molar-refractivity contribution in [2.45, 2.75) is 70.5 Å². The Hall–Kier alpha value is -2.15. The molecule has 1 aliphatic carbocycles. The summed E-state index contributed by atoms with van der Waals surface area (Å²) >= 11 is 0. The predicted octanol–water partition coefficient (Wildman–Crippen LogP) is 3.26. The molecule has 0 aromatic heterocycles. The summed E-state index contributed by atoms with van der Waals surface area (Å²) in [7, 11) is 3.07. The maximum Gasteiger partial charge on any atom is 0.200 e. The smallest absolute Gasteiger partial charge is 0.200 e. The SMILES string of the molecule is CCNC(=NCc1cc(OC)c(O)c(OC)c1)NC1CCCN(C2CCCCC2)C1. The van der Waals surface area contributed by atoms with Crippen molar-refractivity contribution >= 4 is 5.96 Å². The molecule has 1 aromatic rings. The minimum atomic E-state index is 0.0165. The molecule has 1 aromatic carbocycles. The van der Waals surface area contributed by atoms with E-state index in [1.165, 1.54) is 65.7 Å². The molecule has 7 nitrogen and oxygen atoms in total. The van der Waals surface area contributed by atoms with Crippen molar-refractivity contribution in [1.82, 2.24) is 15.5 Å². The van der Waals surface area contributed by atoms with Crippen LogP contribution >= 0.6 is 0 Å². The second-order valence-corrected chi connectivity index (χ2v) is 8.31. The first-order chi connectivity index (χ1) is 14.6. The van der Waals surface area contributed by atoms with Gasteiger partial charge in [0.25, 0.3) is 0 Å². The zero-order chi connectivity index (χ0) is 21.3. The zero-order valence-electron chi connectivity index (χ0n) is 18.7. The van der Waals surface area contributed by atoms with Gasteiger partial charge in [0, 0.05) is 25.2 Å². The van der Waals surface area contributed by atoms with Gasteiger partial charge in [-0.3, -0.25) is 4.90 Å². The molecule has 2 fully saturated rings. The highest BCUT2D eigenvalue weighted by Gasteiger charge is 2.27. The van der Waals surface area contributed by atoms with Gasteiger partial charge in [-0.2, -0.15) is 0 Å². The highest BCUT2D eigenvalue weighted by molar-refractivity contribution is 5.80. The average Bonchev–Trinajstić information content (AvgIpc) is 2.79. The summed E-state index contributed by atoms with van der Waals surface area (Å²) in [5.41, 5.74) is 0.922. The lowest BCUT2D eigenvalue weighted by atomic mass is 9.92. The molecule has 1 unspecified atom stereocenters. The van der Waals surface area contributed by atoms with Crippen LogP contribution in [0.25, 0.3) is 0 Å². The van der Waals surface area contributed by atoms with Gasteiger partial charge in [-0.05, 0) is 56.8 Å². The van der Waals surface area contributed by atoms with Gasteiger partial charge in [-0.25, -0.2) is 4.99 Å². The number of nitrogens with zero attached hydrogens (tertiary/aromatic N) is 2. The molecule has 0 bridgehead atoms. The second kappa shape index (κ2) is 11.3. The van der Waals surface area contributed by atoms with Gasteiger partial charge in [0.05, 0.1) is 20.8 Å². The Balaban J connectivity index is 1.64. The molecule has 0 radical (unpaired) electrons. The number of hydrogen-bond acceptors (Lipinski definition) is 5. The van der Waals surface area contributed by atoms with Gasteiger partial charge in [-0.1, -0.05) is 19.3 Å². The predicted molar refractivity (Wildman–Crippen MR) is 121 cm³/mol. The van der Waals surface area contributed by atoms with E-state index in [2.05, 4.69) is 22.5 Å². The molecule has 1 saturated carbocycles. The molecule has 3 N–H and O–H groups in total. The van der Waals surface area contributed by atoms with Crippen molar-refractivity contribution in [1.29, 1.82) is 0 Å². The van der Waals surface area contributed by atoms with Crippen molar-refractivity contribution < 1.29 is 14.6 Å². The molecule has 0 spiro atoms. The zero-order valence-corrected chi connectivity index (χ0v) is 18.7. The molecule has 168 valence electrons. The number of rotatable bonds is 7. The number of phenols is 1. The van der Waals surface area contributed by atoms with Crippen LogP contribution in [-0.4, -0.2) is 61.9 Å². The molecule has 0 amide bonds. The number of aromatic hydroxyl groups is 1. The maximum atomic E-state index is 10.1. The number of nitrogens with one attached hydrogen (secondary N) is 2. The van der Waals surface area contributed by atoms with E-state index in [0.29, 0.717) is 24.1 Å². The monoisotopic (exact) mass is 418 g/mol. The Morgan fingerprint density at radius 2 is 1.80 bits per heavy atom. The van der Waals surface area contributed by atoms with E-state index < -0.39 is 0 Å². The first-order valence-corrected chi connectivity index (χ1v) is 11.4. The fourth-order valence-electron chi connectivity index (χ4n) is 4.62. The fourth-order valence-corrected chi connectivity index (χ4v) is 4.62. The third kappa shape index (κ3) is 5.94. The number of phenolic OH excluding ortho intramolecular Hbond substituents is 1. The average molecular weight is 419 g/mol. The van der Waals surface area contributed by atoms with Crippen molar-refractivity contribution in [3.8, 4) is 17.2 Å². The summed E-state index contributed by atoms with van der Waals surface area (Å²) in [5, 5.41) is 17.1. The Labute approximate surface area is 180 Å². The van der Waals surface area contributed by atoms with Crippen LogP contribution in [-0.2, 0) is 6.54 Å². The van der Waals surface area contributed by atoms with Gasteiger partial charge in [0.2, 0.25) is 5.75 Å². The number of piperidine rings is 1. The normalized spacial score (nSPS) is 21.3. The number of guanidine groups is 1. The van der Waals surface area contributed by atoms with Gasteiger partial charge >= 0.3 is 0 Å². The van der Waals surface area contributed by atoms with Crippen LogP contribution in [0, 0.1) is 0 Å². The van der Waals surface area contributed by atoms with Crippen LogP contribution in [0.2, 0.25) is 0 Å². The number of methoxy groups -OCH3 is 2. The Morgan fingerprint density at radius 3 is 2.43 bits per heavy atom. The van der Waals surface area contributed by atoms with Crippen molar-refractivity contribution in [3.05, 3.63) is 17.7 Å². The van der Waals surface area contributed by atoms with E-state index in [4.69, 9.17) is 14.5 Å². The Bertz CT molecular complexity index is 679. The third-order valence-corrected chi connectivity index (χ3v) is 6.19. The van der Waals surface area contributed by atoms with E-state index in [-0.39, 0.29) is 5.75 Å². The summed E-state index contributed by atoms with van der Waals surface area (Å²) in [6.07, 6.45) is 9.27. The van der Waals surface area contributed by atoms with Crippen LogP contribution in [0.15, 0.2) is 17.1 Å². The van der Waals surface area contributed by atoms with E-state index in [9.17, 15) is 5.11 Å². The molecule has 1 aliphatic heterocycles. The van der Waals surface area contributed by atoms with Gasteiger partial charge in [-0.15, -0.1) is 0 Å². The lowest BCUT2D eigenvalue weighted by Crippen LogP contribution is -2.53. The summed E-state index contributed by atoms with van der Waals surface area (Å²) in [5.74, 6) is 1.64. The second-order valence-electron chi connectivity index (χ2n) is 8.31. The Morgan fingerprint density at radius 1 is 1.10 bits per heavy atom. The van der Waals surface area contributed by atoms with Gasteiger partial charge in [0.15, 0.2) is 17.5 Å². The molecule has 30 heavy (non-hydrogen) atoms. The minimum absolute atomic E-state index is 0.0165.